The second-order valence-electron chi connectivity index (χ2n) is 6.95. The third-order valence-electron chi connectivity index (χ3n) is 4.61. The number of carbonyl (C=O) groups is 1. The summed E-state index contributed by atoms with van der Waals surface area (Å²) in [7, 11) is -2.59. The van der Waals surface area contributed by atoms with Crippen molar-refractivity contribution in [3.63, 3.8) is 0 Å². The van der Waals surface area contributed by atoms with Crippen molar-refractivity contribution in [2.45, 2.75) is 25.7 Å². The van der Waals surface area contributed by atoms with E-state index >= 15 is 0 Å². The van der Waals surface area contributed by atoms with E-state index < -0.39 is 10.0 Å². The topological polar surface area (TPSA) is 111 Å². The van der Waals surface area contributed by atoms with Gasteiger partial charge in [-0.3, -0.25) is 9.52 Å². The second kappa shape index (κ2) is 9.46. The summed E-state index contributed by atoms with van der Waals surface area (Å²) in [4.78, 5) is 11.4. The molecule has 0 atom stereocenters. The fraction of sp³-hybridized carbons (Fsp3) is 0.182. The number of nitrogens with one attached hydrogen (secondary N) is 2. The Morgan fingerprint density at radius 2 is 1.94 bits per heavy atom. The van der Waals surface area contributed by atoms with Crippen molar-refractivity contribution in [3.8, 4) is 5.75 Å². The van der Waals surface area contributed by atoms with Gasteiger partial charge in [0.05, 0.1) is 12.8 Å². The summed E-state index contributed by atoms with van der Waals surface area (Å²) >= 11 is 6.11. The first-order chi connectivity index (χ1) is 15.1. The number of hydrogen-bond donors (Lipinski definition) is 2. The molecule has 10 heteroatoms. The average Bonchev–Trinajstić information content (AvgIpc) is 3.08. The maximum Gasteiger partial charge on any atom is 0.265 e. The first-order valence-electron chi connectivity index (χ1n) is 9.50. The highest BCUT2D eigenvalue weighted by molar-refractivity contribution is 7.92. The van der Waals surface area contributed by atoms with Gasteiger partial charge in [-0.05, 0) is 55.3 Å². The quantitative estimate of drug-likeness (QED) is 0.503. The third kappa shape index (κ3) is 5.12. The Bertz CT molecular complexity index is 1300. The van der Waals surface area contributed by atoms with Gasteiger partial charge in [0.15, 0.2) is 5.76 Å². The summed E-state index contributed by atoms with van der Waals surface area (Å²) in [6, 6.07) is 9.69. The van der Waals surface area contributed by atoms with Crippen LogP contribution in [0.2, 0.25) is 5.02 Å². The Kier molecular flexibility index (Phi) is 6.90. The molecule has 3 rings (SSSR count). The van der Waals surface area contributed by atoms with Crippen molar-refractivity contribution >= 4 is 51.1 Å². The fourth-order valence-corrected chi connectivity index (χ4v) is 4.43. The highest BCUT2D eigenvalue weighted by Gasteiger charge is 2.21. The van der Waals surface area contributed by atoms with Gasteiger partial charge in [0.25, 0.3) is 10.0 Å². The van der Waals surface area contributed by atoms with Gasteiger partial charge < -0.3 is 14.6 Å². The number of ether oxygens (including phenoxy) is 1. The van der Waals surface area contributed by atoms with E-state index in [9.17, 15) is 13.2 Å². The van der Waals surface area contributed by atoms with Gasteiger partial charge >= 0.3 is 0 Å². The first-order valence-corrected chi connectivity index (χ1v) is 11.4. The molecule has 1 aromatic heterocycles. The van der Waals surface area contributed by atoms with Crippen LogP contribution in [-0.4, -0.2) is 26.6 Å². The molecule has 3 aromatic rings. The van der Waals surface area contributed by atoms with Gasteiger partial charge in [-0.15, -0.1) is 0 Å². The molecule has 0 saturated carbocycles. The summed E-state index contributed by atoms with van der Waals surface area (Å²) in [6.45, 7) is 4.81. The zero-order valence-electron chi connectivity index (χ0n) is 17.9. The van der Waals surface area contributed by atoms with Crippen LogP contribution in [0.5, 0.6) is 5.75 Å². The fourth-order valence-electron chi connectivity index (χ4n) is 2.93. The van der Waals surface area contributed by atoms with Gasteiger partial charge in [-0.2, -0.15) is 0 Å². The van der Waals surface area contributed by atoms with Gasteiger partial charge in [0, 0.05) is 11.9 Å². The van der Waals surface area contributed by atoms with E-state index in [1.807, 2.05) is 0 Å². The number of methoxy groups -OCH3 is 1. The molecule has 0 aliphatic heterocycles. The monoisotopic (exact) mass is 475 g/mol. The number of anilines is 2. The SMILES string of the molecule is COc1ccc(/C=C\c2onc(C)c2NC(C)=O)cc1S(=O)(=O)Nc1cccc(Cl)c1C. The second-order valence-corrected chi connectivity index (χ2v) is 9.01. The molecule has 1 heterocycles. The van der Waals surface area contributed by atoms with Crippen molar-refractivity contribution in [2.75, 3.05) is 17.1 Å². The minimum Gasteiger partial charge on any atom is -0.495 e. The molecule has 0 radical (unpaired) electrons. The predicted octanol–water partition coefficient (Wildman–Crippen LogP) is 4.88. The number of aryl methyl sites for hydroxylation is 1. The minimum absolute atomic E-state index is 0.0441. The molecule has 32 heavy (non-hydrogen) atoms. The zero-order valence-corrected chi connectivity index (χ0v) is 19.5. The number of amides is 1. The number of halogens is 1. The van der Waals surface area contributed by atoms with Crippen LogP contribution in [0.4, 0.5) is 11.4 Å². The molecule has 0 bridgehead atoms. The Hall–Kier alpha value is -3.30. The van der Waals surface area contributed by atoms with Crippen molar-refractivity contribution in [1.29, 1.82) is 0 Å². The van der Waals surface area contributed by atoms with Crippen LogP contribution >= 0.6 is 11.6 Å². The molecule has 2 N–H and O–H groups in total. The normalized spacial score (nSPS) is 11.5. The van der Waals surface area contributed by atoms with Crippen molar-refractivity contribution in [3.05, 3.63) is 64.0 Å². The predicted molar refractivity (Wildman–Crippen MR) is 124 cm³/mol. The number of aromatic nitrogens is 1. The Morgan fingerprint density at radius 3 is 2.62 bits per heavy atom. The van der Waals surface area contributed by atoms with E-state index in [0.717, 1.165) is 0 Å². The summed E-state index contributed by atoms with van der Waals surface area (Å²) in [5.41, 5.74) is 2.53. The summed E-state index contributed by atoms with van der Waals surface area (Å²) in [6.07, 6.45) is 3.24. The van der Waals surface area contributed by atoms with Crippen LogP contribution < -0.4 is 14.8 Å². The Balaban J connectivity index is 1.96. The van der Waals surface area contributed by atoms with Gasteiger partial charge in [0.1, 0.15) is 22.0 Å². The highest BCUT2D eigenvalue weighted by Crippen LogP contribution is 2.31. The van der Waals surface area contributed by atoms with E-state index in [-0.39, 0.29) is 16.6 Å². The van der Waals surface area contributed by atoms with Crippen molar-refractivity contribution in [1.82, 2.24) is 5.16 Å². The van der Waals surface area contributed by atoms with E-state index in [0.29, 0.717) is 39.0 Å². The molecular weight excluding hydrogens is 454 g/mol. The van der Waals surface area contributed by atoms with Gasteiger partial charge in [-0.1, -0.05) is 35.0 Å². The molecule has 1 amide bonds. The molecular formula is C22H22ClN3O5S. The van der Waals surface area contributed by atoms with Gasteiger partial charge in [-0.25, -0.2) is 8.42 Å². The summed E-state index contributed by atoms with van der Waals surface area (Å²) in [5, 5.41) is 6.97. The average molecular weight is 476 g/mol. The van der Waals surface area contributed by atoms with Crippen LogP contribution in [0, 0.1) is 13.8 Å². The van der Waals surface area contributed by atoms with Crippen LogP contribution in [-0.2, 0) is 14.8 Å². The zero-order chi connectivity index (χ0) is 23.5. The van der Waals surface area contributed by atoms with E-state index in [2.05, 4.69) is 15.2 Å². The van der Waals surface area contributed by atoms with E-state index in [1.165, 1.54) is 20.1 Å². The molecule has 8 nitrogen and oxygen atoms in total. The number of nitrogens with zero attached hydrogens (tertiary/aromatic N) is 1. The maximum absolute atomic E-state index is 13.1. The Labute approximate surface area is 191 Å². The van der Waals surface area contributed by atoms with Crippen LogP contribution in [0.15, 0.2) is 45.8 Å². The summed E-state index contributed by atoms with van der Waals surface area (Å²) < 4.78 is 39.3. The molecule has 168 valence electrons. The lowest BCUT2D eigenvalue weighted by atomic mass is 10.2. The molecule has 0 aliphatic carbocycles. The maximum atomic E-state index is 13.1. The number of rotatable bonds is 7. The number of carbonyl (C=O) groups excluding carboxylic acids is 1. The lowest BCUT2D eigenvalue weighted by molar-refractivity contribution is -0.114. The standard InChI is InChI=1S/C22H22ClN3O5S/c1-13-17(23)6-5-7-18(13)26-32(28,29)21-12-16(8-10-19(21)30-4)9-11-20-22(24-15(3)27)14(2)25-31-20/h5-12,26H,1-4H3,(H,24,27)/b11-9-. The third-order valence-corrected chi connectivity index (χ3v) is 6.40. The van der Waals surface area contributed by atoms with E-state index in [1.54, 1.807) is 56.3 Å². The van der Waals surface area contributed by atoms with E-state index in [4.69, 9.17) is 20.9 Å². The highest BCUT2D eigenvalue weighted by atomic mass is 35.5. The molecule has 0 aliphatic rings. The smallest absolute Gasteiger partial charge is 0.265 e. The Morgan fingerprint density at radius 1 is 1.19 bits per heavy atom. The minimum atomic E-state index is -3.98. The van der Waals surface area contributed by atoms with Crippen LogP contribution in [0.1, 0.15) is 29.5 Å². The van der Waals surface area contributed by atoms with Crippen molar-refractivity contribution in [2.24, 2.45) is 0 Å². The molecule has 0 unspecified atom stereocenters. The van der Waals surface area contributed by atoms with Crippen LogP contribution in [0.25, 0.3) is 12.2 Å². The number of sulfonamides is 1. The van der Waals surface area contributed by atoms with Crippen molar-refractivity contribution < 1.29 is 22.5 Å². The lowest BCUT2D eigenvalue weighted by Gasteiger charge is -2.14. The largest absolute Gasteiger partial charge is 0.495 e. The van der Waals surface area contributed by atoms with Crippen LogP contribution in [0.3, 0.4) is 0 Å². The first kappa shape index (κ1) is 23.4. The molecule has 0 saturated heterocycles. The molecule has 2 aromatic carbocycles. The number of benzene rings is 2. The lowest BCUT2D eigenvalue weighted by Crippen LogP contribution is -2.15. The molecule has 0 fully saturated rings. The molecule has 0 spiro atoms. The van der Waals surface area contributed by atoms with Gasteiger partial charge in [0.2, 0.25) is 5.91 Å². The number of hydrogen-bond acceptors (Lipinski definition) is 6. The summed E-state index contributed by atoms with van der Waals surface area (Å²) in [5.74, 6) is 0.264.